The number of nitrogens with zero attached hydrogens (tertiary/aromatic N) is 1. The van der Waals surface area contributed by atoms with Gasteiger partial charge in [0.1, 0.15) is 17.1 Å². The first-order valence-electron chi connectivity index (χ1n) is 8.83. The number of anilines is 1. The first kappa shape index (κ1) is 19.7. The van der Waals surface area contributed by atoms with Crippen molar-refractivity contribution in [3.8, 4) is 5.75 Å². The first-order valence-corrected chi connectivity index (χ1v) is 9.24. The Morgan fingerprint density at radius 1 is 1.18 bits per heavy atom. The molecule has 2 aromatic carbocycles. The second kappa shape index (κ2) is 8.31. The molecule has 1 N–H and O–H groups in total. The fourth-order valence-electron chi connectivity index (χ4n) is 2.64. The maximum absolute atomic E-state index is 13.2. The average molecular weight is 398 g/mol. The summed E-state index contributed by atoms with van der Waals surface area (Å²) in [5, 5.41) is 2.46. The van der Waals surface area contributed by atoms with E-state index in [1.54, 1.807) is 18.2 Å². The minimum absolute atomic E-state index is 0.0151. The van der Waals surface area contributed by atoms with Gasteiger partial charge in [0, 0.05) is 5.56 Å². The van der Waals surface area contributed by atoms with Crippen LogP contribution in [0.5, 0.6) is 5.75 Å². The van der Waals surface area contributed by atoms with E-state index in [9.17, 15) is 14.0 Å². The molecule has 0 saturated carbocycles. The number of thiocarbonyl (C=S) groups is 1. The molecule has 1 saturated heterocycles. The van der Waals surface area contributed by atoms with Crippen molar-refractivity contribution in [3.63, 3.8) is 0 Å². The molecule has 3 rings (SSSR count). The highest BCUT2D eigenvalue weighted by atomic mass is 32.1. The highest BCUT2D eigenvalue weighted by molar-refractivity contribution is 7.80. The predicted octanol–water partition coefficient (Wildman–Crippen LogP) is 3.83. The van der Waals surface area contributed by atoms with Crippen molar-refractivity contribution in [2.75, 3.05) is 4.90 Å². The Kier molecular flexibility index (Phi) is 5.84. The summed E-state index contributed by atoms with van der Waals surface area (Å²) in [6.07, 6.45) is 2.28. The molecule has 1 heterocycles. The van der Waals surface area contributed by atoms with Crippen molar-refractivity contribution in [3.05, 3.63) is 65.5 Å². The van der Waals surface area contributed by atoms with Gasteiger partial charge in [0.2, 0.25) is 0 Å². The van der Waals surface area contributed by atoms with E-state index in [-0.39, 0.29) is 16.8 Å². The number of ether oxygens (including phenoxy) is 1. The molecule has 0 bridgehead atoms. The third-order valence-corrected chi connectivity index (χ3v) is 4.59. The van der Waals surface area contributed by atoms with Crippen molar-refractivity contribution >= 4 is 40.9 Å². The Labute approximate surface area is 167 Å². The molecule has 144 valence electrons. The molecular weight excluding hydrogens is 379 g/mol. The second-order valence-electron chi connectivity index (χ2n) is 6.31. The smallest absolute Gasteiger partial charge is 0.270 e. The van der Waals surface area contributed by atoms with Crippen LogP contribution >= 0.6 is 12.2 Å². The lowest BCUT2D eigenvalue weighted by molar-refractivity contribution is -0.122. The topological polar surface area (TPSA) is 58.6 Å². The monoisotopic (exact) mass is 398 g/mol. The Balaban J connectivity index is 1.99. The highest BCUT2D eigenvalue weighted by Crippen LogP contribution is 2.26. The molecule has 1 aliphatic heterocycles. The van der Waals surface area contributed by atoms with Gasteiger partial charge in [0.25, 0.3) is 11.8 Å². The van der Waals surface area contributed by atoms with Gasteiger partial charge in [-0.3, -0.25) is 19.8 Å². The molecular formula is C21H19FN2O3S. The summed E-state index contributed by atoms with van der Waals surface area (Å²) in [6.45, 7) is 3.95. The number of carbonyl (C=O) groups is 2. The van der Waals surface area contributed by atoms with Crippen LogP contribution in [0.2, 0.25) is 0 Å². The number of halogens is 1. The number of amides is 2. The fourth-order valence-corrected chi connectivity index (χ4v) is 2.93. The van der Waals surface area contributed by atoms with Crippen LogP contribution in [0.3, 0.4) is 0 Å². The minimum atomic E-state index is -0.591. The largest absolute Gasteiger partial charge is 0.490 e. The normalized spacial score (nSPS) is 16.9. The fraction of sp³-hybridized carbons (Fsp3) is 0.190. The quantitative estimate of drug-likeness (QED) is 0.472. The zero-order chi connectivity index (χ0) is 20.3. The van der Waals surface area contributed by atoms with Crippen molar-refractivity contribution in [2.45, 2.75) is 26.4 Å². The zero-order valence-corrected chi connectivity index (χ0v) is 16.3. The molecule has 5 nitrogen and oxygen atoms in total. The zero-order valence-electron chi connectivity index (χ0n) is 15.4. The van der Waals surface area contributed by atoms with Gasteiger partial charge in [-0.15, -0.1) is 0 Å². The van der Waals surface area contributed by atoms with Gasteiger partial charge >= 0.3 is 0 Å². The molecule has 0 aliphatic carbocycles. The van der Waals surface area contributed by atoms with Crippen LogP contribution in [-0.2, 0) is 9.59 Å². The molecule has 1 fully saturated rings. The molecule has 2 aromatic rings. The summed E-state index contributed by atoms with van der Waals surface area (Å²) in [6, 6.07) is 12.5. The van der Waals surface area contributed by atoms with Crippen molar-refractivity contribution in [1.29, 1.82) is 0 Å². The Morgan fingerprint density at radius 3 is 2.54 bits per heavy atom. The Hall–Kier alpha value is -3.06. The van der Waals surface area contributed by atoms with E-state index in [1.807, 2.05) is 19.9 Å². The van der Waals surface area contributed by atoms with Gasteiger partial charge in [-0.25, -0.2) is 4.39 Å². The van der Waals surface area contributed by atoms with E-state index >= 15 is 0 Å². The molecule has 1 aliphatic rings. The summed E-state index contributed by atoms with van der Waals surface area (Å²) in [4.78, 5) is 26.6. The van der Waals surface area contributed by atoms with Gasteiger partial charge in [-0.2, -0.15) is 0 Å². The Bertz CT molecular complexity index is 956. The average Bonchev–Trinajstić information content (AvgIpc) is 2.67. The summed E-state index contributed by atoms with van der Waals surface area (Å²) in [5.41, 5.74) is 0.887. The lowest BCUT2D eigenvalue weighted by atomic mass is 10.1. The molecule has 0 radical (unpaired) electrons. The van der Waals surface area contributed by atoms with Crippen LogP contribution in [-0.4, -0.2) is 23.0 Å². The number of hydrogen-bond donors (Lipinski definition) is 1. The van der Waals surface area contributed by atoms with Crippen LogP contribution in [0.15, 0.2) is 54.1 Å². The van der Waals surface area contributed by atoms with E-state index in [0.717, 1.165) is 6.42 Å². The lowest BCUT2D eigenvalue weighted by Gasteiger charge is -2.29. The number of para-hydroxylation sites is 1. The van der Waals surface area contributed by atoms with Gasteiger partial charge in [0.05, 0.1) is 11.8 Å². The van der Waals surface area contributed by atoms with E-state index in [4.69, 9.17) is 17.0 Å². The standard InChI is InChI=1S/C21H19FN2O3S/c1-3-13(2)27-18-7-5-4-6-14(18)12-17-19(25)23-21(28)24(20(17)26)16-10-8-15(22)9-11-16/h4-13H,3H2,1-2H3,(H,23,25,28)/b17-12-. The summed E-state index contributed by atoms with van der Waals surface area (Å²) in [7, 11) is 0. The molecule has 0 spiro atoms. The van der Waals surface area contributed by atoms with E-state index in [2.05, 4.69) is 5.32 Å². The van der Waals surface area contributed by atoms with Crippen molar-refractivity contribution in [1.82, 2.24) is 5.32 Å². The maximum Gasteiger partial charge on any atom is 0.270 e. The predicted molar refractivity (Wildman–Crippen MR) is 109 cm³/mol. The lowest BCUT2D eigenvalue weighted by Crippen LogP contribution is -2.54. The molecule has 1 unspecified atom stereocenters. The number of nitrogens with one attached hydrogen (secondary N) is 1. The van der Waals surface area contributed by atoms with Gasteiger partial charge in [-0.05, 0) is 62.0 Å². The number of carbonyl (C=O) groups excluding carboxylic acids is 2. The van der Waals surface area contributed by atoms with Gasteiger partial charge in [0.15, 0.2) is 5.11 Å². The second-order valence-corrected chi connectivity index (χ2v) is 6.70. The van der Waals surface area contributed by atoms with Gasteiger partial charge in [-0.1, -0.05) is 25.1 Å². The summed E-state index contributed by atoms with van der Waals surface area (Å²) >= 11 is 5.14. The third kappa shape index (κ3) is 4.09. The molecule has 7 heteroatoms. The van der Waals surface area contributed by atoms with E-state index < -0.39 is 17.6 Å². The van der Waals surface area contributed by atoms with Crippen molar-refractivity contribution < 1.29 is 18.7 Å². The molecule has 1 atom stereocenters. The van der Waals surface area contributed by atoms with Crippen LogP contribution < -0.4 is 15.0 Å². The van der Waals surface area contributed by atoms with Crippen molar-refractivity contribution in [2.24, 2.45) is 0 Å². The van der Waals surface area contributed by atoms with Gasteiger partial charge < -0.3 is 4.74 Å². The number of hydrogen-bond acceptors (Lipinski definition) is 4. The van der Waals surface area contributed by atoms with Crippen LogP contribution in [0.4, 0.5) is 10.1 Å². The summed E-state index contributed by atoms with van der Waals surface area (Å²) < 4.78 is 19.1. The molecule has 0 aromatic heterocycles. The van der Waals surface area contributed by atoms with E-state index in [0.29, 0.717) is 17.0 Å². The SMILES string of the molecule is CCC(C)Oc1ccccc1/C=C1/C(=O)NC(=S)N(c2ccc(F)cc2)C1=O. The molecule has 28 heavy (non-hydrogen) atoms. The van der Waals surface area contributed by atoms with Crippen LogP contribution in [0.1, 0.15) is 25.8 Å². The number of rotatable bonds is 5. The minimum Gasteiger partial charge on any atom is -0.490 e. The first-order chi connectivity index (χ1) is 13.4. The van der Waals surface area contributed by atoms with E-state index in [1.165, 1.54) is 35.2 Å². The highest BCUT2D eigenvalue weighted by Gasteiger charge is 2.34. The van der Waals surface area contributed by atoms with Crippen LogP contribution in [0.25, 0.3) is 6.08 Å². The summed E-state index contributed by atoms with van der Waals surface area (Å²) in [5.74, 6) is -1.04. The molecule has 2 amide bonds. The number of benzene rings is 2. The maximum atomic E-state index is 13.2. The Morgan fingerprint density at radius 2 is 1.86 bits per heavy atom. The third-order valence-electron chi connectivity index (χ3n) is 4.31. The van der Waals surface area contributed by atoms with Crippen LogP contribution in [0, 0.1) is 5.82 Å².